The predicted octanol–water partition coefficient (Wildman–Crippen LogP) is 2.02. The Morgan fingerprint density at radius 3 is 2.85 bits per heavy atom. The van der Waals surface area contributed by atoms with Gasteiger partial charge in [-0.2, -0.15) is 5.10 Å². The molecule has 2 heterocycles. The fraction of sp³-hybridized carbons (Fsp3) is 0.389. The van der Waals surface area contributed by atoms with Crippen molar-refractivity contribution >= 4 is 17.5 Å². The van der Waals surface area contributed by atoms with Gasteiger partial charge in [0.2, 0.25) is 0 Å². The molecule has 2 aromatic rings. The zero-order chi connectivity index (χ0) is 18.7. The van der Waals surface area contributed by atoms with Crippen molar-refractivity contribution in [3.63, 3.8) is 0 Å². The van der Waals surface area contributed by atoms with E-state index in [-0.39, 0.29) is 18.4 Å². The zero-order valence-corrected chi connectivity index (χ0v) is 14.9. The van der Waals surface area contributed by atoms with E-state index in [1.54, 1.807) is 34.0 Å². The lowest BCUT2D eigenvalue weighted by molar-refractivity contribution is 0.101. The van der Waals surface area contributed by atoms with Gasteiger partial charge in [0.25, 0.3) is 0 Å². The van der Waals surface area contributed by atoms with Crippen LogP contribution >= 0.6 is 0 Å². The fourth-order valence-corrected chi connectivity index (χ4v) is 2.96. The number of hydrogen-bond donors (Lipinski definition) is 2. The summed E-state index contributed by atoms with van der Waals surface area (Å²) in [6.45, 7) is 5.05. The van der Waals surface area contributed by atoms with Crippen LogP contribution < -0.4 is 10.1 Å². The molecule has 0 aliphatic carbocycles. The smallest absolute Gasteiger partial charge is 0.322 e. The number of fused-ring (bicyclic) bond motifs is 1. The summed E-state index contributed by atoms with van der Waals surface area (Å²) in [7, 11) is 0. The largest absolute Gasteiger partial charge is 0.492 e. The van der Waals surface area contributed by atoms with E-state index >= 15 is 0 Å². The van der Waals surface area contributed by atoms with E-state index in [0.29, 0.717) is 43.2 Å². The summed E-state index contributed by atoms with van der Waals surface area (Å²) in [6, 6.07) is 4.71. The molecule has 2 N–H and O–H groups in total. The first-order valence-electron chi connectivity index (χ1n) is 8.51. The lowest BCUT2D eigenvalue weighted by atomic mass is 10.1. The van der Waals surface area contributed by atoms with Gasteiger partial charge in [0.15, 0.2) is 5.78 Å². The molecular weight excluding hydrogens is 336 g/mol. The molecule has 8 nitrogen and oxygen atoms in total. The van der Waals surface area contributed by atoms with Crippen molar-refractivity contribution in [2.45, 2.75) is 33.5 Å². The second-order valence-corrected chi connectivity index (χ2v) is 6.05. The molecule has 2 amide bonds. The highest BCUT2D eigenvalue weighted by Gasteiger charge is 2.27. The Morgan fingerprint density at radius 2 is 2.15 bits per heavy atom. The highest BCUT2D eigenvalue weighted by atomic mass is 16.5. The number of Topliss-reactive ketones (excluding diaryl/α,β-unsaturated/α-hetero) is 1. The minimum Gasteiger partial charge on any atom is -0.492 e. The Labute approximate surface area is 151 Å². The molecule has 26 heavy (non-hydrogen) atoms. The van der Waals surface area contributed by atoms with Crippen LogP contribution in [-0.4, -0.2) is 44.8 Å². The number of nitrogens with zero attached hydrogens (tertiary/aromatic N) is 3. The number of aliphatic hydroxyl groups is 1. The van der Waals surface area contributed by atoms with Crippen LogP contribution in [0.25, 0.3) is 0 Å². The molecule has 1 aliphatic rings. The van der Waals surface area contributed by atoms with Gasteiger partial charge >= 0.3 is 6.03 Å². The van der Waals surface area contributed by atoms with Crippen LogP contribution in [-0.2, 0) is 19.6 Å². The molecule has 0 fully saturated rings. The maximum atomic E-state index is 12.7. The lowest BCUT2D eigenvalue weighted by Gasteiger charge is -2.19. The fourth-order valence-electron chi connectivity index (χ4n) is 2.96. The second kappa shape index (κ2) is 7.57. The summed E-state index contributed by atoms with van der Waals surface area (Å²) in [5, 5.41) is 16.2. The molecule has 0 atom stereocenters. The zero-order valence-electron chi connectivity index (χ0n) is 14.9. The summed E-state index contributed by atoms with van der Waals surface area (Å²) in [6.07, 6.45) is 1.72. The summed E-state index contributed by atoms with van der Waals surface area (Å²) in [5.74, 6) is 0.440. The third kappa shape index (κ3) is 3.55. The topological polar surface area (TPSA) is 96.7 Å². The van der Waals surface area contributed by atoms with Crippen LogP contribution in [0.2, 0.25) is 0 Å². The number of benzene rings is 1. The molecule has 138 valence electrons. The Hall–Kier alpha value is -2.87. The monoisotopic (exact) mass is 358 g/mol. The Bertz CT molecular complexity index is 831. The molecule has 0 bridgehead atoms. The van der Waals surface area contributed by atoms with Crippen molar-refractivity contribution in [2.24, 2.45) is 0 Å². The van der Waals surface area contributed by atoms with Crippen LogP contribution in [0, 0.1) is 0 Å². The molecule has 0 saturated heterocycles. The summed E-state index contributed by atoms with van der Waals surface area (Å²) in [4.78, 5) is 26.0. The second-order valence-electron chi connectivity index (χ2n) is 6.05. The minimum absolute atomic E-state index is 0.00410. The van der Waals surface area contributed by atoms with Crippen LogP contribution in [0.4, 0.5) is 10.5 Å². The number of urea groups is 1. The molecule has 0 radical (unpaired) electrons. The number of ketones is 1. The average molecular weight is 358 g/mol. The molecule has 0 unspecified atom stereocenters. The van der Waals surface area contributed by atoms with Gasteiger partial charge < -0.3 is 20.1 Å². The minimum atomic E-state index is -0.279. The van der Waals surface area contributed by atoms with Gasteiger partial charge in [-0.1, -0.05) is 0 Å². The first-order chi connectivity index (χ1) is 12.5. The SMILES string of the molecule is CCOc1ccc(C(C)=O)cc1NC(=O)N1Cc2cnn(CCO)c2C1. The number of carbonyl (C=O) groups is 2. The number of nitrogens with one attached hydrogen (secondary N) is 1. The van der Waals surface area contributed by atoms with Crippen LogP contribution in [0.1, 0.15) is 35.5 Å². The molecule has 8 heteroatoms. The van der Waals surface area contributed by atoms with Crippen LogP contribution in [0.5, 0.6) is 5.75 Å². The predicted molar refractivity (Wildman–Crippen MR) is 95.2 cm³/mol. The van der Waals surface area contributed by atoms with Gasteiger partial charge in [0, 0.05) is 11.1 Å². The van der Waals surface area contributed by atoms with Crippen LogP contribution in [0.3, 0.4) is 0 Å². The molecule has 1 aromatic carbocycles. The van der Waals surface area contributed by atoms with Gasteiger partial charge in [-0.05, 0) is 32.0 Å². The van der Waals surface area contributed by atoms with E-state index in [1.807, 2.05) is 6.92 Å². The van der Waals surface area contributed by atoms with Crippen molar-refractivity contribution < 1.29 is 19.4 Å². The number of carbonyl (C=O) groups excluding carboxylic acids is 2. The lowest BCUT2D eigenvalue weighted by Crippen LogP contribution is -2.31. The number of hydrogen-bond acceptors (Lipinski definition) is 5. The highest BCUT2D eigenvalue weighted by molar-refractivity contribution is 5.98. The molecular formula is C18H22N4O4. The standard InChI is InChI=1S/C18H22N4O4/c1-3-26-17-5-4-13(12(2)24)8-15(17)20-18(25)21-10-14-9-19-22(6-7-23)16(14)11-21/h4-5,8-9,23H,3,6-7,10-11H2,1-2H3,(H,20,25). The molecule has 1 aromatic heterocycles. The van der Waals surface area contributed by atoms with Crippen molar-refractivity contribution in [3.05, 3.63) is 41.2 Å². The average Bonchev–Trinajstić information content (AvgIpc) is 3.19. The maximum absolute atomic E-state index is 12.7. The maximum Gasteiger partial charge on any atom is 0.322 e. The van der Waals surface area contributed by atoms with E-state index < -0.39 is 0 Å². The summed E-state index contributed by atoms with van der Waals surface area (Å²) >= 11 is 0. The van der Waals surface area contributed by atoms with Gasteiger partial charge in [-0.25, -0.2) is 4.79 Å². The van der Waals surface area contributed by atoms with E-state index in [2.05, 4.69) is 10.4 Å². The molecule has 0 spiro atoms. The number of aliphatic hydroxyl groups excluding tert-OH is 1. The van der Waals surface area contributed by atoms with Crippen molar-refractivity contribution in [1.29, 1.82) is 0 Å². The molecule has 3 rings (SSSR count). The van der Waals surface area contributed by atoms with Gasteiger partial charge in [-0.3, -0.25) is 9.48 Å². The van der Waals surface area contributed by atoms with E-state index in [9.17, 15) is 9.59 Å². The number of anilines is 1. The Morgan fingerprint density at radius 1 is 1.35 bits per heavy atom. The van der Waals surface area contributed by atoms with E-state index in [0.717, 1.165) is 11.3 Å². The molecule has 1 aliphatic heterocycles. The number of aromatic nitrogens is 2. The van der Waals surface area contributed by atoms with E-state index in [4.69, 9.17) is 9.84 Å². The third-order valence-electron chi connectivity index (χ3n) is 4.26. The summed E-state index contributed by atoms with van der Waals surface area (Å²) in [5.41, 5.74) is 2.87. The number of amides is 2. The molecule has 0 saturated carbocycles. The van der Waals surface area contributed by atoms with Crippen LogP contribution in [0.15, 0.2) is 24.4 Å². The highest BCUT2D eigenvalue weighted by Crippen LogP contribution is 2.28. The summed E-state index contributed by atoms with van der Waals surface area (Å²) < 4.78 is 7.26. The van der Waals surface area contributed by atoms with E-state index in [1.165, 1.54) is 6.92 Å². The van der Waals surface area contributed by atoms with Gasteiger partial charge in [-0.15, -0.1) is 0 Å². The third-order valence-corrected chi connectivity index (χ3v) is 4.26. The Balaban J connectivity index is 1.76. The van der Waals surface area contributed by atoms with Crippen molar-refractivity contribution in [2.75, 3.05) is 18.5 Å². The first-order valence-corrected chi connectivity index (χ1v) is 8.51. The van der Waals surface area contributed by atoms with Gasteiger partial charge in [0.05, 0.1) is 50.4 Å². The van der Waals surface area contributed by atoms with Crippen molar-refractivity contribution in [3.8, 4) is 5.75 Å². The van der Waals surface area contributed by atoms with Crippen molar-refractivity contribution in [1.82, 2.24) is 14.7 Å². The quantitative estimate of drug-likeness (QED) is 0.770. The number of ether oxygens (including phenoxy) is 1. The first kappa shape index (κ1) is 17.9. The Kier molecular flexibility index (Phi) is 5.22. The van der Waals surface area contributed by atoms with Gasteiger partial charge in [0.1, 0.15) is 5.75 Å². The normalized spacial score (nSPS) is 12.8. The number of rotatable bonds is 6.